The summed E-state index contributed by atoms with van der Waals surface area (Å²) in [6.07, 6.45) is 2.98. The van der Waals surface area contributed by atoms with Crippen molar-refractivity contribution in [2.24, 2.45) is 5.92 Å². The number of carbonyl (C=O) groups excluding carboxylic acids is 2. The standard InChI is InChI=1S/C24H25NO6/c1-28-20-6-3-5-17(22(20)29-2)21(26)16-9-10-19-18(13-16)24(30-11-4-12-31-24)23(27)25(19)14-15-7-8-15/h3,5-6,9-10,13,15H,4,7-8,11-12,14H2,1-2H3. The van der Waals surface area contributed by atoms with Crippen LogP contribution in [0, 0.1) is 5.92 Å². The fourth-order valence-corrected chi connectivity index (χ4v) is 4.35. The van der Waals surface area contributed by atoms with Gasteiger partial charge in [0.05, 0.1) is 38.7 Å². The van der Waals surface area contributed by atoms with Gasteiger partial charge in [0, 0.05) is 17.7 Å². The Hall–Kier alpha value is -2.90. The molecule has 2 aliphatic heterocycles. The van der Waals surface area contributed by atoms with E-state index >= 15 is 0 Å². The predicted molar refractivity (Wildman–Crippen MR) is 113 cm³/mol. The van der Waals surface area contributed by atoms with E-state index in [-0.39, 0.29) is 11.7 Å². The molecular formula is C24H25NO6. The van der Waals surface area contributed by atoms with E-state index in [2.05, 4.69) is 0 Å². The molecule has 0 bridgehead atoms. The lowest BCUT2D eigenvalue weighted by atomic mass is 9.97. The third-order valence-electron chi connectivity index (χ3n) is 6.12. The molecule has 2 aromatic carbocycles. The number of fused-ring (bicyclic) bond motifs is 2. The van der Waals surface area contributed by atoms with Gasteiger partial charge in [-0.1, -0.05) is 6.07 Å². The van der Waals surface area contributed by atoms with Crippen molar-refractivity contribution in [3.05, 3.63) is 53.1 Å². The zero-order chi connectivity index (χ0) is 21.6. The van der Waals surface area contributed by atoms with Gasteiger partial charge in [-0.05, 0) is 55.5 Å². The van der Waals surface area contributed by atoms with Gasteiger partial charge in [-0.15, -0.1) is 0 Å². The van der Waals surface area contributed by atoms with Gasteiger partial charge in [-0.2, -0.15) is 0 Å². The second-order valence-corrected chi connectivity index (χ2v) is 8.13. The number of methoxy groups -OCH3 is 2. The van der Waals surface area contributed by atoms with Gasteiger partial charge in [-0.3, -0.25) is 9.59 Å². The summed E-state index contributed by atoms with van der Waals surface area (Å²) in [5.41, 5.74) is 2.18. The third kappa shape index (κ3) is 3.20. The molecule has 7 heteroatoms. The first-order chi connectivity index (χ1) is 15.1. The Morgan fingerprint density at radius 1 is 1.13 bits per heavy atom. The first-order valence-electron chi connectivity index (χ1n) is 10.6. The number of carbonyl (C=O) groups is 2. The summed E-state index contributed by atoms with van der Waals surface area (Å²) in [7, 11) is 3.04. The highest BCUT2D eigenvalue weighted by Gasteiger charge is 2.55. The van der Waals surface area contributed by atoms with Crippen LogP contribution in [0.2, 0.25) is 0 Å². The summed E-state index contributed by atoms with van der Waals surface area (Å²) >= 11 is 0. The van der Waals surface area contributed by atoms with E-state index in [1.807, 2.05) is 6.07 Å². The molecule has 3 aliphatic rings. The van der Waals surface area contributed by atoms with Crippen molar-refractivity contribution in [3.8, 4) is 11.5 Å². The van der Waals surface area contributed by atoms with Crippen LogP contribution in [-0.2, 0) is 20.1 Å². The minimum Gasteiger partial charge on any atom is -0.493 e. The van der Waals surface area contributed by atoms with Gasteiger partial charge in [0.15, 0.2) is 17.3 Å². The normalized spacial score (nSPS) is 19.4. The van der Waals surface area contributed by atoms with Crippen LogP contribution in [0.5, 0.6) is 11.5 Å². The Balaban J connectivity index is 1.58. The number of benzene rings is 2. The van der Waals surface area contributed by atoms with Gasteiger partial charge >= 0.3 is 0 Å². The molecule has 0 unspecified atom stereocenters. The Bertz CT molecular complexity index is 1040. The van der Waals surface area contributed by atoms with E-state index < -0.39 is 5.79 Å². The summed E-state index contributed by atoms with van der Waals surface area (Å²) in [6, 6.07) is 10.5. The Labute approximate surface area is 180 Å². The van der Waals surface area contributed by atoms with E-state index in [4.69, 9.17) is 18.9 Å². The molecule has 5 rings (SSSR count). The molecule has 0 atom stereocenters. The first-order valence-corrected chi connectivity index (χ1v) is 10.6. The Morgan fingerprint density at radius 3 is 2.58 bits per heavy atom. The average molecular weight is 423 g/mol. The maximum Gasteiger partial charge on any atom is 0.292 e. The Morgan fingerprint density at radius 2 is 1.90 bits per heavy atom. The molecule has 162 valence electrons. The van der Waals surface area contributed by atoms with Crippen molar-refractivity contribution < 1.29 is 28.5 Å². The average Bonchev–Trinajstić information content (AvgIpc) is 3.62. The Kier molecular flexibility index (Phi) is 4.95. The number of anilines is 1. The molecule has 2 aromatic rings. The smallest absolute Gasteiger partial charge is 0.292 e. The van der Waals surface area contributed by atoms with Crippen LogP contribution in [-0.4, -0.2) is 45.7 Å². The van der Waals surface area contributed by atoms with Crippen molar-refractivity contribution in [3.63, 3.8) is 0 Å². The first kappa shape index (κ1) is 20.0. The monoisotopic (exact) mass is 423 g/mol. The molecule has 0 aromatic heterocycles. The van der Waals surface area contributed by atoms with Gasteiger partial charge < -0.3 is 23.8 Å². The SMILES string of the molecule is COc1cccc(C(=O)c2ccc3c(c2)C2(OCCCO2)C(=O)N3CC2CC2)c1OC. The lowest BCUT2D eigenvalue weighted by Crippen LogP contribution is -2.47. The number of para-hydroxylation sites is 1. The highest BCUT2D eigenvalue weighted by Crippen LogP contribution is 2.47. The molecule has 1 aliphatic carbocycles. The van der Waals surface area contributed by atoms with Crippen LogP contribution in [0.4, 0.5) is 5.69 Å². The van der Waals surface area contributed by atoms with Crippen molar-refractivity contribution in [1.82, 2.24) is 0 Å². The molecule has 2 fully saturated rings. The van der Waals surface area contributed by atoms with Crippen LogP contribution in [0.1, 0.15) is 40.7 Å². The van der Waals surface area contributed by atoms with Gasteiger partial charge in [0.25, 0.3) is 11.7 Å². The van der Waals surface area contributed by atoms with Crippen molar-refractivity contribution in [1.29, 1.82) is 0 Å². The van der Waals surface area contributed by atoms with E-state index in [1.165, 1.54) is 14.2 Å². The molecule has 1 amide bonds. The highest BCUT2D eigenvalue weighted by atomic mass is 16.7. The minimum absolute atomic E-state index is 0.197. The molecular weight excluding hydrogens is 398 g/mol. The molecule has 0 radical (unpaired) electrons. The minimum atomic E-state index is -1.46. The van der Waals surface area contributed by atoms with Crippen molar-refractivity contribution in [2.45, 2.75) is 25.0 Å². The molecule has 1 saturated heterocycles. The zero-order valence-corrected chi connectivity index (χ0v) is 17.7. The maximum absolute atomic E-state index is 13.4. The third-order valence-corrected chi connectivity index (χ3v) is 6.12. The number of ketones is 1. The van der Waals surface area contributed by atoms with E-state index in [1.54, 1.807) is 35.2 Å². The number of nitrogens with zero attached hydrogens (tertiary/aromatic N) is 1. The number of hydrogen-bond acceptors (Lipinski definition) is 6. The lowest BCUT2D eigenvalue weighted by Gasteiger charge is -2.32. The van der Waals surface area contributed by atoms with Crippen molar-refractivity contribution >= 4 is 17.4 Å². The molecule has 1 saturated carbocycles. The number of hydrogen-bond donors (Lipinski definition) is 0. The summed E-state index contributed by atoms with van der Waals surface area (Å²) in [4.78, 5) is 28.6. The zero-order valence-electron chi connectivity index (χ0n) is 17.7. The molecule has 1 spiro atoms. The van der Waals surface area contributed by atoms with E-state index in [9.17, 15) is 9.59 Å². The number of ether oxygens (including phenoxy) is 4. The van der Waals surface area contributed by atoms with Gasteiger partial charge in [0.1, 0.15) is 0 Å². The van der Waals surface area contributed by atoms with Crippen molar-refractivity contribution in [2.75, 3.05) is 38.9 Å². The molecule has 7 nitrogen and oxygen atoms in total. The fraction of sp³-hybridized carbons (Fsp3) is 0.417. The predicted octanol–water partition coefficient (Wildman–Crippen LogP) is 3.28. The summed E-state index contributed by atoms with van der Waals surface area (Å²) < 4.78 is 22.7. The quantitative estimate of drug-likeness (QED) is 0.664. The van der Waals surface area contributed by atoms with E-state index in [0.29, 0.717) is 53.9 Å². The topological polar surface area (TPSA) is 74.3 Å². The van der Waals surface area contributed by atoms with Gasteiger partial charge in [-0.25, -0.2) is 0 Å². The maximum atomic E-state index is 13.4. The summed E-state index contributed by atoms with van der Waals surface area (Å²) in [5.74, 6) is -0.511. The van der Waals surface area contributed by atoms with Crippen LogP contribution in [0.3, 0.4) is 0 Å². The molecule has 2 heterocycles. The molecule has 0 N–H and O–H groups in total. The largest absolute Gasteiger partial charge is 0.493 e. The van der Waals surface area contributed by atoms with Crippen LogP contribution >= 0.6 is 0 Å². The van der Waals surface area contributed by atoms with Crippen LogP contribution < -0.4 is 14.4 Å². The van der Waals surface area contributed by atoms with Crippen LogP contribution in [0.15, 0.2) is 36.4 Å². The fourth-order valence-electron chi connectivity index (χ4n) is 4.35. The lowest BCUT2D eigenvalue weighted by molar-refractivity contribution is -0.256. The second-order valence-electron chi connectivity index (χ2n) is 8.13. The second kappa shape index (κ2) is 7.66. The van der Waals surface area contributed by atoms with Gasteiger partial charge in [0.2, 0.25) is 0 Å². The summed E-state index contributed by atoms with van der Waals surface area (Å²) in [6.45, 7) is 1.52. The molecule has 31 heavy (non-hydrogen) atoms. The summed E-state index contributed by atoms with van der Waals surface area (Å²) in [5, 5.41) is 0. The van der Waals surface area contributed by atoms with E-state index in [0.717, 1.165) is 24.9 Å². The number of amides is 1. The highest BCUT2D eigenvalue weighted by molar-refractivity contribution is 6.13. The number of rotatable bonds is 6. The van der Waals surface area contributed by atoms with Crippen LogP contribution in [0.25, 0.3) is 0 Å².